The van der Waals surface area contributed by atoms with E-state index >= 15 is 0 Å². The number of aromatic nitrogens is 1. The molecule has 1 aliphatic rings. The highest BCUT2D eigenvalue weighted by Crippen LogP contribution is 2.22. The van der Waals surface area contributed by atoms with Gasteiger partial charge in [-0.25, -0.2) is 0 Å². The van der Waals surface area contributed by atoms with E-state index in [1.165, 1.54) is 25.7 Å². The van der Waals surface area contributed by atoms with Crippen molar-refractivity contribution in [2.24, 2.45) is 0 Å². The molecule has 1 aromatic carbocycles. The monoisotopic (exact) mass is 324 g/mol. The predicted octanol–water partition coefficient (Wildman–Crippen LogP) is 3.75. The van der Waals surface area contributed by atoms with Crippen LogP contribution in [-0.4, -0.2) is 31.0 Å². The van der Waals surface area contributed by atoms with Crippen LogP contribution in [0.1, 0.15) is 36.2 Å². The molecule has 0 unspecified atom stereocenters. The van der Waals surface area contributed by atoms with Crippen LogP contribution in [0.2, 0.25) is 0 Å². The van der Waals surface area contributed by atoms with Crippen molar-refractivity contribution in [3.05, 3.63) is 48.3 Å². The lowest BCUT2D eigenvalue weighted by Gasteiger charge is -2.14. The fraction of sp³-hybridized carbons (Fsp3) is 0.368. The van der Waals surface area contributed by atoms with Gasteiger partial charge >= 0.3 is 0 Å². The number of benzene rings is 1. The zero-order valence-electron chi connectivity index (χ0n) is 14.2. The van der Waals surface area contributed by atoms with E-state index in [0.717, 1.165) is 17.1 Å². The number of pyridine rings is 1. The number of hydrogen-bond donors (Lipinski definition) is 2. The van der Waals surface area contributed by atoms with Gasteiger partial charge in [0, 0.05) is 43.4 Å². The third-order valence-electron chi connectivity index (χ3n) is 4.36. The molecule has 0 saturated heterocycles. The van der Waals surface area contributed by atoms with Gasteiger partial charge in [-0.05, 0) is 49.2 Å². The van der Waals surface area contributed by atoms with Gasteiger partial charge in [0.25, 0.3) is 5.91 Å². The second-order valence-electron chi connectivity index (χ2n) is 6.45. The summed E-state index contributed by atoms with van der Waals surface area (Å²) in [6.07, 6.45) is 6.63. The summed E-state index contributed by atoms with van der Waals surface area (Å²) in [7, 11) is 3.97. The van der Waals surface area contributed by atoms with E-state index in [0.29, 0.717) is 11.7 Å². The minimum absolute atomic E-state index is 0.192. The summed E-state index contributed by atoms with van der Waals surface area (Å²) in [5.41, 5.74) is 3.25. The number of nitrogens with one attached hydrogen (secondary N) is 2. The molecule has 5 nitrogen and oxygen atoms in total. The molecule has 2 N–H and O–H groups in total. The molecule has 24 heavy (non-hydrogen) atoms. The minimum Gasteiger partial charge on any atom is -0.382 e. The number of anilines is 3. The zero-order valence-corrected chi connectivity index (χ0v) is 14.2. The first kappa shape index (κ1) is 16.3. The molecule has 0 spiro atoms. The molecule has 1 heterocycles. The van der Waals surface area contributed by atoms with Gasteiger partial charge in [-0.1, -0.05) is 12.8 Å². The molecule has 2 aromatic rings. The summed E-state index contributed by atoms with van der Waals surface area (Å²) in [6, 6.07) is 12.0. The fourth-order valence-electron chi connectivity index (χ4n) is 2.99. The van der Waals surface area contributed by atoms with E-state index in [1.807, 2.05) is 55.4 Å². The van der Waals surface area contributed by atoms with Crippen molar-refractivity contribution in [3.8, 4) is 0 Å². The number of carbonyl (C=O) groups excluding carboxylic acids is 1. The van der Waals surface area contributed by atoms with E-state index in [9.17, 15) is 4.79 Å². The quantitative estimate of drug-likeness (QED) is 0.879. The number of rotatable bonds is 5. The van der Waals surface area contributed by atoms with Crippen LogP contribution in [0, 0.1) is 0 Å². The number of nitrogens with zero attached hydrogens (tertiary/aromatic N) is 2. The molecule has 0 bridgehead atoms. The van der Waals surface area contributed by atoms with Gasteiger partial charge in [-0.15, -0.1) is 0 Å². The molecule has 1 saturated carbocycles. The Kier molecular flexibility index (Phi) is 4.99. The molecule has 0 radical (unpaired) electrons. The van der Waals surface area contributed by atoms with Crippen LogP contribution in [0.3, 0.4) is 0 Å². The van der Waals surface area contributed by atoms with E-state index < -0.39 is 0 Å². The van der Waals surface area contributed by atoms with Crippen LogP contribution >= 0.6 is 0 Å². The Balaban J connectivity index is 1.65. The van der Waals surface area contributed by atoms with Gasteiger partial charge in [0.1, 0.15) is 5.69 Å². The molecular formula is C19H24N4O. The van der Waals surface area contributed by atoms with Crippen LogP contribution in [0.5, 0.6) is 0 Å². The van der Waals surface area contributed by atoms with Gasteiger partial charge in [0.15, 0.2) is 0 Å². The maximum atomic E-state index is 12.4. The number of carbonyl (C=O) groups is 1. The summed E-state index contributed by atoms with van der Waals surface area (Å²) in [5, 5.41) is 6.39. The number of amides is 1. The Hall–Kier alpha value is -2.56. The zero-order chi connectivity index (χ0) is 16.9. The van der Waals surface area contributed by atoms with E-state index in [-0.39, 0.29) is 5.91 Å². The normalized spacial score (nSPS) is 14.4. The largest absolute Gasteiger partial charge is 0.382 e. The predicted molar refractivity (Wildman–Crippen MR) is 98.8 cm³/mol. The molecule has 1 fully saturated rings. The van der Waals surface area contributed by atoms with Crippen LogP contribution in [-0.2, 0) is 0 Å². The third-order valence-corrected chi connectivity index (χ3v) is 4.36. The molecule has 1 amide bonds. The standard InChI is InChI=1S/C19H24N4O/c1-23(2)17-9-7-15(8-10-17)22-19(24)18-13-16(11-12-20-18)21-14-5-3-4-6-14/h7-14H,3-6H2,1-2H3,(H,20,21)(H,22,24). The summed E-state index contributed by atoms with van der Waals surface area (Å²) < 4.78 is 0. The van der Waals surface area contributed by atoms with Crippen molar-refractivity contribution in [2.75, 3.05) is 29.6 Å². The Bertz CT molecular complexity index is 691. The van der Waals surface area contributed by atoms with Gasteiger partial charge in [0.2, 0.25) is 0 Å². The van der Waals surface area contributed by atoms with Gasteiger partial charge < -0.3 is 15.5 Å². The van der Waals surface area contributed by atoms with Crippen molar-refractivity contribution >= 4 is 23.0 Å². The summed E-state index contributed by atoms with van der Waals surface area (Å²) in [5.74, 6) is -0.192. The molecule has 0 atom stereocenters. The first-order valence-electron chi connectivity index (χ1n) is 8.43. The van der Waals surface area contributed by atoms with Gasteiger partial charge in [-0.2, -0.15) is 0 Å². The summed E-state index contributed by atoms with van der Waals surface area (Å²) in [4.78, 5) is 18.6. The summed E-state index contributed by atoms with van der Waals surface area (Å²) in [6.45, 7) is 0. The van der Waals surface area contributed by atoms with Crippen molar-refractivity contribution in [3.63, 3.8) is 0 Å². The van der Waals surface area contributed by atoms with Crippen molar-refractivity contribution in [1.29, 1.82) is 0 Å². The second kappa shape index (κ2) is 7.34. The second-order valence-corrected chi connectivity index (χ2v) is 6.45. The van der Waals surface area contributed by atoms with Crippen molar-refractivity contribution in [2.45, 2.75) is 31.7 Å². The molecule has 1 aromatic heterocycles. The SMILES string of the molecule is CN(C)c1ccc(NC(=O)c2cc(NC3CCCC3)ccn2)cc1. The lowest BCUT2D eigenvalue weighted by atomic mass is 10.2. The smallest absolute Gasteiger partial charge is 0.274 e. The van der Waals surface area contributed by atoms with E-state index in [2.05, 4.69) is 15.6 Å². The maximum Gasteiger partial charge on any atom is 0.274 e. The topological polar surface area (TPSA) is 57.3 Å². The molecule has 126 valence electrons. The lowest BCUT2D eigenvalue weighted by molar-refractivity contribution is 0.102. The lowest BCUT2D eigenvalue weighted by Crippen LogP contribution is -2.17. The molecule has 1 aliphatic carbocycles. The fourth-order valence-corrected chi connectivity index (χ4v) is 2.99. The first-order chi connectivity index (χ1) is 11.6. The highest BCUT2D eigenvalue weighted by Gasteiger charge is 2.15. The van der Waals surface area contributed by atoms with Crippen LogP contribution in [0.25, 0.3) is 0 Å². The summed E-state index contributed by atoms with van der Waals surface area (Å²) >= 11 is 0. The van der Waals surface area contributed by atoms with E-state index in [1.54, 1.807) is 6.20 Å². The van der Waals surface area contributed by atoms with Crippen molar-refractivity contribution < 1.29 is 4.79 Å². The Morgan fingerprint density at radius 3 is 2.46 bits per heavy atom. The molecular weight excluding hydrogens is 300 g/mol. The Morgan fingerprint density at radius 2 is 1.79 bits per heavy atom. The minimum atomic E-state index is -0.192. The van der Waals surface area contributed by atoms with Gasteiger partial charge in [-0.3, -0.25) is 9.78 Å². The average molecular weight is 324 g/mol. The third kappa shape index (κ3) is 4.04. The first-order valence-corrected chi connectivity index (χ1v) is 8.43. The molecule has 5 heteroatoms. The molecule has 3 rings (SSSR count). The van der Waals surface area contributed by atoms with E-state index in [4.69, 9.17) is 0 Å². The average Bonchev–Trinajstić information content (AvgIpc) is 3.08. The Morgan fingerprint density at radius 1 is 1.08 bits per heavy atom. The molecule has 0 aliphatic heterocycles. The maximum absolute atomic E-state index is 12.4. The highest BCUT2D eigenvalue weighted by molar-refractivity contribution is 6.03. The van der Waals surface area contributed by atoms with Crippen LogP contribution in [0.4, 0.5) is 17.1 Å². The Labute approximate surface area is 143 Å². The van der Waals surface area contributed by atoms with Crippen LogP contribution < -0.4 is 15.5 Å². The number of hydrogen-bond acceptors (Lipinski definition) is 4. The van der Waals surface area contributed by atoms with Gasteiger partial charge in [0.05, 0.1) is 0 Å². The van der Waals surface area contributed by atoms with Crippen LogP contribution in [0.15, 0.2) is 42.6 Å². The highest BCUT2D eigenvalue weighted by atomic mass is 16.1. The van der Waals surface area contributed by atoms with Crippen molar-refractivity contribution in [1.82, 2.24) is 4.98 Å².